The molecule has 0 aliphatic heterocycles. The van der Waals surface area contributed by atoms with Crippen LogP contribution >= 0.6 is 7.92 Å². The minimum atomic E-state index is -4.32. The van der Waals surface area contributed by atoms with Gasteiger partial charge in [-0.1, -0.05) is 37.6 Å². The van der Waals surface area contributed by atoms with Gasteiger partial charge in [0.2, 0.25) is 0 Å². The maximum absolute atomic E-state index is 11.4. The SMILES string of the molecule is CCCCP(c1cccc(S(=O)(=O)O)c1)c1cccc(S(=O)(=O)O)c1. The van der Waals surface area contributed by atoms with Gasteiger partial charge in [0.1, 0.15) is 0 Å². The highest BCUT2D eigenvalue weighted by molar-refractivity contribution is 7.86. The zero-order valence-electron chi connectivity index (χ0n) is 13.5. The molecule has 136 valence electrons. The molecule has 2 rings (SSSR count). The van der Waals surface area contributed by atoms with Gasteiger partial charge in [0.25, 0.3) is 20.2 Å². The van der Waals surface area contributed by atoms with E-state index in [4.69, 9.17) is 0 Å². The van der Waals surface area contributed by atoms with Crippen LogP contribution in [0.3, 0.4) is 0 Å². The van der Waals surface area contributed by atoms with E-state index in [-0.39, 0.29) is 9.79 Å². The highest BCUT2D eigenvalue weighted by Gasteiger charge is 2.19. The van der Waals surface area contributed by atoms with Crippen molar-refractivity contribution < 1.29 is 25.9 Å². The molecule has 0 spiro atoms. The highest BCUT2D eigenvalue weighted by Crippen LogP contribution is 2.36. The Labute approximate surface area is 149 Å². The Morgan fingerprint density at radius 1 is 0.840 bits per heavy atom. The lowest BCUT2D eigenvalue weighted by atomic mass is 10.4. The summed E-state index contributed by atoms with van der Waals surface area (Å²) in [5.74, 6) is 0. The summed E-state index contributed by atoms with van der Waals surface area (Å²) in [6.07, 6.45) is 2.53. The van der Waals surface area contributed by atoms with Gasteiger partial charge in [-0.25, -0.2) is 0 Å². The summed E-state index contributed by atoms with van der Waals surface area (Å²) in [7, 11) is -9.67. The van der Waals surface area contributed by atoms with Crippen LogP contribution in [-0.4, -0.2) is 32.1 Å². The van der Waals surface area contributed by atoms with E-state index in [9.17, 15) is 25.9 Å². The van der Waals surface area contributed by atoms with E-state index in [0.29, 0.717) is 10.6 Å². The van der Waals surface area contributed by atoms with Crippen molar-refractivity contribution in [1.82, 2.24) is 0 Å². The quantitative estimate of drug-likeness (QED) is 0.544. The van der Waals surface area contributed by atoms with Crippen molar-refractivity contribution >= 4 is 38.8 Å². The summed E-state index contributed by atoms with van der Waals surface area (Å²) in [6.45, 7) is 2.02. The Balaban J connectivity index is 2.54. The summed E-state index contributed by atoms with van der Waals surface area (Å²) < 4.78 is 64.1. The number of unbranched alkanes of at least 4 members (excludes halogenated alkanes) is 1. The first-order valence-electron chi connectivity index (χ1n) is 7.55. The fourth-order valence-electron chi connectivity index (χ4n) is 2.35. The Morgan fingerprint density at radius 3 is 1.64 bits per heavy atom. The number of benzene rings is 2. The van der Waals surface area contributed by atoms with Gasteiger partial charge in [-0.05, 0) is 55.4 Å². The normalized spacial score (nSPS) is 12.5. The van der Waals surface area contributed by atoms with Crippen LogP contribution in [-0.2, 0) is 20.2 Å². The monoisotopic (exact) mass is 402 g/mol. The molecule has 0 amide bonds. The topological polar surface area (TPSA) is 109 Å². The first-order valence-corrected chi connectivity index (χ1v) is 12.0. The van der Waals surface area contributed by atoms with Crippen molar-refractivity contribution in [2.45, 2.75) is 29.6 Å². The first-order chi connectivity index (χ1) is 11.6. The molecule has 0 saturated carbocycles. The second-order valence-corrected chi connectivity index (χ2v) is 10.6. The molecule has 0 unspecified atom stereocenters. The third-order valence-electron chi connectivity index (χ3n) is 3.59. The standard InChI is InChI=1S/C16H19O6PS2/c1-2-3-10-23(13-6-4-8-15(11-13)24(17,18)19)14-7-5-9-16(12-14)25(20,21)22/h4-9,11-12H,2-3,10H2,1H3,(H,17,18,19)(H,20,21,22). The summed E-state index contributed by atoms with van der Waals surface area (Å²) in [5.41, 5.74) is 0. The van der Waals surface area contributed by atoms with Crippen molar-refractivity contribution in [3.63, 3.8) is 0 Å². The summed E-state index contributed by atoms with van der Waals surface area (Å²) in [5, 5.41) is 1.43. The van der Waals surface area contributed by atoms with Gasteiger partial charge in [-0.3, -0.25) is 9.11 Å². The van der Waals surface area contributed by atoms with Gasteiger partial charge >= 0.3 is 0 Å². The molecule has 0 heterocycles. The predicted molar refractivity (Wildman–Crippen MR) is 98.5 cm³/mol. The van der Waals surface area contributed by atoms with Crippen molar-refractivity contribution in [2.75, 3.05) is 6.16 Å². The predicted octanol–water partition coefficient (Wildman–Crippen LogP) is 2.41. The Kier molecular flexibility index (Phi) is 6.35. The lowest BCUT2D eigenvalue weighted by Crippen LogP contribution is -2.16. The molecule has 2 aromatic carbocycles. The van der Waals surface area contributed by atoms with E-state index in [2.05, 4.69) is 0 Å². The molecular weight excluding hydrogens is 383 g/mol. The molecule has 0 fully saturated rings. The van der Waals surface area contributed by atoms with Gasteiger partial charge in [-0.15, -0.1) is 0 Å². The van der Waals surface area contributed by atoms with Crippen LogP contribution < -0.4 is 10.6 Å². The third kappa shape index (κ3) is 5.33. The van der Waals surface area contributed by atoms with Crippen molar-refractivity contribution in [1.29, 1.82) is 0 Å². The number of hydrogen-bond acceptors (Lipinski definition) is 4. The second kappa shape index (κ2) is 7.93. The third-order valence-corrected chi connectivity index (χ3v) is 7.86. The summed E-state index contributed by atoms with van der Waals surface area (Å²) >= 11 is 0. The van der Waals surface area contributed by atoms with Crippen LogP contribution in [0.4, 0.5) is 0 Å². The minimum Gasteiger partial charge on any atom is -0.282 e. The average molecular weight is 402 g/mol. The fraction of sp³-hybridized carbons (Fsp3) is 0.250. The summed E-state index contributed by atoms with van der Waals surface area (Å²) in [6, 6.07) is 12.1. The zero-order valence-corrected chi connectivity index (χ0v) is 16.1. The van der Waals surface area contributed by atoms with E-state index in [0.717, 1.165) is 19.0 Å². The largest absolute Gasteiger partial charge is 0.294 e. The zero-order chi connectivity index (χ0) is 18.7. The Morgan fingerprint density at radius 2 is 1.28 bits per heavy atom. The van der Waals surface area contributed by atoms with Crippen LogP contribution in [0.5, 0.6) is 0 Å². The van der Waals surface area contributed by atoms with E-state index >= 15 is 0 Å². The fourth-order valence-corrected chi connectivity index (χ4v) is 6.14. The number of rotatable bonds is 7. The Bertz CT molecular complexity index is 879. The van der Waals surface area contributed by atoms with Crippen molar-refractivity contribution in [3.05, 3.63) is 48.5 Å². The molecule has 2 aromatic rings. The van der Waals surface area contributed by atoms with Gasteiger partial charge in [-0.2, -0.15) is 16.8 Å². The minimum absolute atomic E-state index is 0.195. The maximum Gasteiger partial charge on any atom is 0.294 e. The molecule has 0 aliphatic carbocycles. The average Bonchev–Trinajstić information content (AvgIpc) is 2.54. The van der Waals surface area contributed by atoms with E-state index in [1.54, 1.807) is 24.3 Å². The van der Waals surface area contributed by atoms with Gasteiger partial charge in [0.15, 0.2) is 0 Å². The van der Waals surface area contributed by atoms with Crippen LogP contribution in [0, 0.1) is 0 Å². The molecule has 0 bridgehead atoms. The lowest BCUT2D eigenvalue weighted by Gasteiger charge is -2.19. The van der Waals surface area contributed by atoms with E-state index < -0.39 is 28.2 Å². The maximum atomic E-state index is 11.4. The molecule has 6 nitrogen and oxygen atoms in total. The van der Waals surface area contributed by atoms with Crippen molar-refractivity contribution in [3.8, 4) is 0 Å². The van der Waals surface area contributed by atoms with Gasteiger partial charge in [0.05, 0.1) is 9.79 Å². The van der Waals surface area contributed by atoms with Crippen LogP contribution in [0.2, 0.25) is 0 Å². The van der Waals surface area contributed by atoms with Gasteiger partial charge < -0.3 is 0 Å². The van der Waals surface area contributed by atoms with Crippen LogP contribution in [0.15, 0.2) is 58.3 Å². The molecule has 9 heteroatoms. The molecule has 0 radical (unpaired) electrons. The molecule has 0 saturated heterocycles. The van der Waals surface area contributed by atoms with Crippen molar-refractivity contribution in [2.24, 2.45) is 0 Å². The number of hydrogen-bond donors (Lipinski definition) is 2. The Hall–Kier alpha value is -1.31. The van der Waals surface area contributed by atoms with E-state index in [1.165, 1.54) is 24.3 Å². The first kappa shape index (κ1) is 20.0. The highest BCUT2D eigenvalue weighted by atomic mass is 32.2. The molecular formula is C16H19O6PS2. The molecule has 0 atom stereocenters. The lowest BCUT2D eigenvalue weighted by molar-refractivity contribution is 0.481. The smallest absolute Gasteiger partial charge is 0.282 e. The molecule has 25 heavy (non-hydrogen) atoms. The second-order valence-electron chi connectivity index (χ2n) is 5.45. The molecule has 0 aliphatic rings. The van der Waals surface area contributed by atoms with Crippen LogP contribution in [0.1, 0.15) is 19.8 Å². The summed E-state index contributed by atoms with van der Waals surface area (Å²) in [4.78, 5) is -0.389. The van der Waals surface area contributed by atoms with E-state index in [1.807, 2.05) is 6.92 Å². The van der Waals surface area contributed by atoms with Crippen LogP contribution in [0.25, 0.3) is 0 Å². The van der Waals surface area contributed by atoms with Gasteiger partial charge in [0, 0.05) is 0 Å². The molecule has 0 aromatic heterocycles. The molecule has 2 N–H and O–H groups in total.